The molecule has 0 bridgehead atoms. The summed E-state index contributed by atoms with van der Waals surface area (Å²) in [5.74, 6) is -0.614. The minimum Gasteiger partial charge on any atom is -0.323 e. The summed E-state index contributed by atoms with van der Waals surface area (Å²) in [4.78, 5) is 11.8. The fraction of sp³-hybridized carbons (Fsp3) is 0.818. The Hall–Kier alpha value is -0.150. The zero-order valence-electron chi connectivity index (χ0n) is 10.7. The highest BCUT2D eigenvalue weighted by Crippen LogP contribution is 2.50. The SMILES string of the molecule is C=CC(N(CC)CC)P(=O)(O)OC(C)CC. The van der Waals surface area contributed by atoms with Crippen LogP contribution in [0.5, 0.6) is 0 Å². The van der Waals surface area contributed by atoms with Crippen molar-refractivity contribution in [2.24, 2.45) is 0 Å². The average molecular weight is 249 g/mol. The summed E-state index contributed by atoms with van der Waals surface area (Å²) in [5.41, 5.74) is 0. The van der Waals surface area contributed by atoms with Crippen LogP contribution in [0.2, 0.25) is 0 Å². The van der Waals surface area contributed by atoms with E-state index >= 15 is 0 Å². The summed E-state index contributed by atoms with van der Waals surface area (Å²) < 4.78 is 17.3. The molecule has 16 heavy (non-hydrogen) atoms. The molecule has 0 heterocycles. The van der Waals surface area contributed by atoms with Crippen LogP contribution in [-0.4, -0.2) is 34.8 Å². The summed E-state index contributed by atoms with van der Waals surface area (Å²) in [6, 6.07) is 0. The molecular weight excluding hydrogens is 225 g/mol. The van der Waals surface area contributed by atoms with Crippen LogP contribution in [0.4, 0.5) is 0 Å². The van der Waals surface area contributed by atoms with E-state index in [1.807, 2.05) is 25.7 Å². The molecule has 0 fully saturated rings. The molecule has 0 aliphatic rings. The molecular formula is C11H24NO3P. The van der Waals surface area contributed by atoms with E-state index < -0.39 is 13.4 Å². The molecule has 1 N–H and O–H groups in total. The third-order valence-electron chi connectivity index (χ3n) is 2.64. The summed E-state index contributed by atoms with van der Waals surface area (Å²) >= 11 is 0. The van der Waals surface area contributed by atoms with Gasteiger partial charge < -0.3 is 9.42 Å². The molecule has 0 aromatic rings. The van der Waals surface area contributed by atoms with Gasteiger partial charge in [-0.15, -0.1) is 6.58 Å². The lowest BCUT2D eigenvalue weighted by molar-refractivity contribution is 0.161. The van der Waals surface area contributed by atoms with Crippen LogP contribution < -0.4 is 0 Å². The smallest absolute Gasteiger partial charge is 0.323 e. The van der Waals surface area contributed by atoms with E-state index in [9.17, 15) is 9.46 Å². The van der Waals surface area contributed by atoms with Crippen LogP contribution in [0.1, 0.15) is 34.1 Å². The summed E-state index contributed by atoms with van der Waals surface area (Å²) in [6.07, 6.45) is 2.00. The predicted octanol–water partition coefficient (Wildman–Crippen LogP) is 2.84. The molecule has 0 radical (unpaired) electrons. The van der Waals surface area contributed by atoms with Gasteiger partial charge in [0.25, 0.3) is 0 Å². The number of hydrogen-bond donors (Lipinski definition) is 1. The Balaban J connectivity index is 4.78. The Kier molecular flexibility index (Phi) is 7.16. The Morgan fingerprint density at radius 1 is 1.44 bits per heavy atom. The predicted molar refractivity (Wildman–Crippen MR) is 67.6 cm³/mol. The van der Waals surface area contributed by atoms with Gasteiger partial charge in [0.2, 0.25) is 0 Å². The van der Waals surface area contributed by atoms with Crippen molar-refractivity contribution in [3.63, 3.8) is 0 Å². The molecule has 3 unspecified atom stereocenters. The molecule has 0 aromatic carbocycles. The highest BCUT2D eigenvalue weighted by atomic mass is 31.2. The molecule has 4 nitrogen and oxygen atoms in total. The van der Waals surface area contributed by atoms with Gasteiger partial charge in [0.1, 0.15) is 5.78 Å². The van der Waals surface area contributed by atoms with Crippen LogP contribution in [0.15, 0.2) is 12.7 Å². The zero-order chi connectivity index (χ0) is 12.8. The Bertz CT molecular complexity index is 254. The van der Waals surface area contributed by atoms with E-state index in [-0.39, 0.29) is 6.10 Å². The van der Waals surface area contributed by atoms with Crippen molar-refractivity contribution in [1.29, 1.82) is 0 Å². The highest BCUT2D eigenvalue weighted by Gasteiger charge is 2.34. The maximum atomic E-state index is 12.1. The van der Waals surface area contributed by atoms with Gasteiger partial charge in [-0.25, -0.2) is 0 Å². The number of rotatable bonds is 8. The van der Waals surface area contributed by atoms with Gasteiger partial charge in [0.15, 0.2) is 0 Å². The Morgan fingerprint density at radius 3 is 2.25 bits per heavy atom. The topological polar surface area (TPSA) is 49.8 Å². The van der Waals surface area contributed by atoms with Gasteiger partial charge in [-0.05, 0) is 26.4 Å². The van der Waals surface area contributed by atoms with Gasteiger partial charge in [0.05, 0.1) is 6.10 Å². The second kappa shape index (κ2) is 7.23. The van der Waals surface area contributed by atoms with Crippen molar-refractivity contribution in [2.75, 3.05) is 13.1 Å². The van der Waals surface area contributed by atoms with Crippen molar-refractivity contribution in [3.05, 3.63) is 12.7 Å². The van der Waals surface area contributed by atoms with Gasteiger partial charge in [0, 0.05) is 0 Å². The molecule has 0 aromatic heterocycles. The first-order valence-corrected chi connectivity index (χ1v) is 7.44. The zero-order valence-corrected chi connectivity index (χ0v) is 11.6. The van der Waals surface area contributed by atoms with Crippen molar-refractivity contribution < 1.29 is 14.0 Å². The average Bonchev–Trinajstić information content (AvgIpc) is 2.24. The highest BCUT2D eigenvalue weighted by molar-refractivity contribution is 7.53. The molecule has 0 aliphatic carbocycles. The summed E-state index contributed by atoms with van der Waals surface area (Å²) in [5, 5.41) is 0. The van der Waals surface area contributed by atoms with Gasteiger partial charge >= 0.3 is 7.60 Å². The summed E-state index contributed by atoms with van der Waals surface area (Å²) in [7, 11) is -3.66. The van der Waals surface area contributed by atoms with E-state index in [0.29, 0.717) is 19.5 Å². The molecule has 0 saturated heterocycles. The lowest BCUT2D eigenvalue weighted by atomic mass is 10.3. The second-order valence-electron chi connectivity index (χ2n) is 3.76. The lowest BCUT2D eigenvalue weighted by Crippen LogP contribution is -2.34. The van der Waals surface area contributed by atoms with E-state index in [1.165, 1.54) is 6.08 Å². The summed E-state index contributed by atoms with van der Waals surface area (Å²) in [6.45, 7) is 12.6. The second-order valence-corrected chi connectivity index (χ2v) is 5.63. The standard InChI is InChI=1S/C11H24NO3P/c1-6-10(5)15-16(13,14)11(7-2)12(8-3)9-4/h7,10-11H,2,6,8-9H2,1,3-5H3,(H,13,14). The van der Waals surface area contributed by atoms with Crippen molar-refractivity contribution in [1.82, 2.24) is 4.90 Å². The number of likely N-dealkylation sites (N-methyl/N-ethyl adjacent to an activating group) is 1. The molecule has 96 valence electrons. The van der Waals surface area contributed by atoms with Crippen LogP contribution >= 0.6 is 7.60 Å². The molecule has 0 rings (SSSR count). The molecule has 0 spiro atoms. The van der Waals surface area contributed by atoms with E-state index in [1.54, 1.807) is 6.92 Å². The largest absolute Gasteiger partial charge is 0.349 e. The first-order chi connectivity index (χ1) is 7.42. The van der Waals surface area contributed by atoms with E-state index in [4.69, 9.17) is 4.52 Å². The monoisotopic (exact) mass is 249 g/mol. The third kappa shape index (κ3) is 4.38. The Labute approximate surface area is 98.8 Å². The van der Waals surface area contributed by atoms with E-state index in [2.05, 4.69) is 6.58 Å². The molecule has 0 saturated carbocycles. The normalized spacial score (nSPS) is 19.1. The maximum Gasteiger partial charge on any atom is 0.349 e. The fourth-order valence-corrected chi connectivity index (χ4v) is 3.28. The molecule has 3 atom stereocenters. The van der Waals surface area contributed by atoms with Crippen LogP contribution in [0, 0.1) is 0 Å². The third-order valence-corrected chi connectivity index (χ3v) is 4.51. The van der Waals surface area contributed by atoms with E-state index in [0.717, 1.165) is 0 Å². The van der Waals surface area contributed by atoms with Gasteiger partial charge in [-0.1, -0.05) is 26.8 Å². The van der Waals surface area contributed by atoms with Crippen LogP contribution in [0.3, 0.4) is 0 Å². The quantitative estimate of drug-likeness (QED) is 0.531. The fourth-order valence-electron chi connectivity index (χ4n) is 1.48. The minimum atomic E-state index is -3.66. The van der Waals surface area contributed by atoms with Crippen LogP contribution in [-0.2, 0) is 9.09 Å². The number of nitrogens with zero attached hydrogens (tertiary/aromatic N) is 1. The van der Waals surface area contributed by atoms with Crippen molar-refractivity contribution in [2.45, 2.75) is 46.0 Å². The molecule has 0 aliphatic heterocycles. The maximum absolute atomic E-state index is 12.1. The molecule has 0 amide bonds. The minimum absolute atomic E-state index is 0.214. The molecule has 5 heteroatoms. The first-order valence-electron chi connectivity index (χ1n) is 5.80. The van der Waals surface area contributed by atoms with Gasteiger partial charge in [-0.2, -0.15) is 0 Å². The van der Waals surface area contributed by atoms with Crippen molar-refractivity contribution in [3.8, 4) is 0 Å². The van der Waals surface area contributed by atoms with Crippen molar-refractivity contribution >= 4 is 7.60 Å². The van der Waals surface area contributed by atoms with Gasteiger partial charge in [-0.3, -0.25) is 9.46 Å². The lowest BCUT2D eigenvalue weighted by Gasteiger charge is -2.31. The number of hydrogen-bond acceptors (Lipinski definition) is 3. The first kappa shape index (κ1) is 15.9. The van der Waals surface area contributed by atoms with Crippen LogP contribution in [0.25, 0.3) is 0 Å². The Morgan fingerprint density at radius 2 is 1.94 bits per heavy atom.